The van der Waals surface area contributed by atoms with Crippen LogP contribution in [-0.2, 0) is 9.47 Å². The van der Waals surface area contributed by atoms with Crippen molar-refractivity contribution in [3.63, 3.8) is 0 Å². The highest BCUT2D eigenvalue weighted by Crippen LogP contribution is 2.20. The van der Waals surface area contributed by atoms with Crippen LogP contribution in [0.1, 0.15) is 26.7 Å². The predicted molar refractivity (Wildman–Crippen MR) is 58.1 cm³/mol. The lowest BCUT2D eigenvalue weighted by molar-refractivity contribution is -0.194. The first-order valence-electron chi connectivity index (χ1n) is 5.83. The van der Waals surface area contributed by atoms with E-state index in [0.717, 1.165) is 6.42 Å². The monoisotopic (exact) mass is 234 g/mol. The van der Waals surface area contributed by atoms with E-state index in [1.54, 1.807) is 0 Å². The molecule has 1 fully saturated rings. The SMILES string of the molecule is CCCOC(C)C[C@@H]1OC[C@@H](O)[C@H](O)[C@H]1O. The van der Waals surface area contributed by atoms with Crippen LogP contribution in [-0.4, -0.2) is 59.1 Å². The van der Waals surface area contributed by atoms with Crippen LogP contribution in [0.5, 0.6) is 0 Å². The van der Waals surface area contributed by atoms with Crippen molar-refractivity contribution in [1.29, 1.82) is 0 Å². The zero-order valence-corrected chi connectivity index (χ0v) is 9.87. The van der Waals surface area contributed by atoms with Gasteiger partial charge in [0.25, 0.3) is 0 Å². The third-order valence-corrected chi connectivity index (χ3v) is 2.78. The molecule has 0 amide bonds. The minimum absolute atomic E-state index is 0.0259. The summed E-state index contributed by atoms with van der Waals surface area (Å²) in [6.07, 6.45) is -2.20. The Balaban J connectivity index is 2.36. The van der Waals surface area contributed by atoms with Crippen LogP contribution in [0.15, 0.2) is 0 Å². The quantitative estimate of drug-likeness (QED) is 0.607. The van der Waals surface area contributed by atoms with Crippen molar-refractivity contribution < 1.29 is 24.8 Å². The normalized spacial score (nSPS) is 37.3. The molecule has 0 saturated carbocycles. The van der Waals surface area contributed by atoms with Gasteiger partial charge in [0.15, 0.2) is 0 Å². The summed E-state index contributed by atoms with van der Waals surface area (Å²) in [6.45, 7) is 4.67. The van der Waals surface area contributed by atoms with Crippen LogP contribution < -0.4 is 0 Å². The molecule has 0 bridgehead atoms. The topological polar surface area (TPSA) is 79.2 Å². The Morgan fingerprint density at radius 1 is 1.31 bits per heavy atom. The van der Waals surface area contributed by atoms with E-state index in [0.29, 0.717) is 13.0 Å². The van der Waals surface area contributed by atoms with Gasteiger partial charge in [-0.3, -0.25) is 0 Å². The van der Waals surface area contributed by atoms with Gasteiger partial charge in [-0.1, -0.05) is 6.92 Å². The second kappa shape index (κ2) is 6.51. The number of hydrogen-bond acceptors (Lipinski definition) is 5. The van der Waals surface area contributed by atoms with Crippen molar-refractivity contribution >= 4 is 0 Å². The smallest absolute Gasteiger partial charge is 0.111 e. The van der Waals surface area contributed by atoms with Gasteiger partial charge >= 0.3 is 0 Å². The van der Waals surface area contributed by atoms with Crippen molar-refractivity contribution in [1.82, 2.24) is 0 Å². The lowest BCUT2D eigenvalue weighted by atomic mass is 9.96. The molecule has 1 rings (SSSR count). The third kappa shape index (κ3) is 3.68. The van der Waals surface area contributed by atoms with Gasteiger partial charge in [-0.15, -0.1) is 0 Å². The highest BCUT2D eigenvalue weighted by molar-refractivity contribution is 4.87. The maximum Gasteiger partial charge on any atom is 0.111 e. The van der Waals surface area contributed by atoms with Crippen LogP contribution in [0.3, 0.4) is 0 Å². The van der Waals surface area contributed by atoms with Crippen LogP contribution in [0.25, 0.3) is 0 Å². The molecule has 0 aliphatic carbocycles. The van der Waals surface area contributed by atoms with Crippen molar-refractivity contribution in [2.75, 3.05) is 13.2 Å². The van der Waals surface area contributed by atoms with E-state index < -0.39 is 24.4 Å². The molecule has 5 atom stereocenters. The fourth-order valence-corrected chi connectivity index (χ4v) is 1.79. The van der Waals surface area contributed by atoms with Gasteiger partial charge in [0.2, 0.25) is 0 Å². The molecule has 1 unspecified atom stereocenters. The van der Waals surface area contributed by atoms with Crippen molar-refractivity contribution in [3.8, 4) is 0 Å². The number of ether oxygens (including phenoxy) is 2. The lowest BCUT2D eigenvalue weighted by Gasteiger charge is -2.36. The Morgan fingerprint density at radius 3 is 2.62 bits per heavy atom. The zero-order chi connectivity index (χ0) is 12.1. The van der Waals surface area contributed by atoms with Crippen LogP contribution >= 0.6 is 0 Å². The molecule has 0 radical (unpaired) electrons. The van der Waals surface area contributed by atoms with E-state index in [-0.39, 0.29) is 12.7 Å². The Morgan fingerprint density at radius 2 is 2.00 bits per heavy atom. The molecule has 1 saturated heterocycles. The van der Waals surface area contributed by atoms with Gasteiger partial charge in [-0.05, 0) is 13.3 Å². The molecule has 1 heterocycles. The molecule has 0 aromatic rings. The van der Waals surface area contributed by atoms with E-state index in [9.17, 15) is 15.3 Å². The molecular weight excluding hydrogens is 212 g/mol. The Hall–Kier alpha value is -0.200. The molecule has 0 aromatic carbocycles. The van der Waals surface area contributed by atoms with Crippen molar-refractivity contribution in [2.45, 2.75) is 57.2 Å². The fourth-order valence-electron chi connectivity index (χ4n) is 1.79. The summed E-state index contributed by atoms with van der Waals surface area (Å²) in [7, 11) is 0. The van der Waals surface area contributed by atoms with E-state index in [1.807, 2.05) is 13.8 Å². The first-order valence-corrected chi connectivity index (χ1v) is 5.83. The molecule has 1 aliphatic heterocycles. The van der Waals surface area contributed by atoms with Crippen molar-refractivity contribution in [2.24, 2.45) is 0 Å². The van der Waals surface area contributed by atoms with Crippen LogP contribution in [0.4, 0.5) is 0 Å². The number of rotatable bonds is 5. The average Bonchev–Trinajstić information content (AvgIpc) is 2.27. The molecular formula is C11H22O5. The summed E-state index contributed by atoms with van der Waals surface area (Å²) in [5, 5.41) is 28.5. The molecule has 1 aliphatic rings. The molecule has 0 spiro atoms. The summed E-state index contributed by atoms with van der Waals surface area (Å²) in [4.78, 5) is 0. The van der Waals surface area contributed by atoms with E-state index in [2.05, 4.69) is 0 Å². The number of hydrogen-bond donors (Lipinski definition) is 3. The van der Waals surface area contributed by atoms with Gasteiger partial charge < -0.3 is 24.8 Å². The highest BCUT2D eigenvalue weighted by Gasteiger charge is 2.37. The van der Waals surface area contributed by atoms with Gasteiger partial charge in [-0.25, -0.2) is 0 Å². The minimum atomic E-state index is -1.13. The van der Waals surface area contributed by atoms with Gasteiger partial charge in [0, 0.05) is 13.0 Å². The highest BCUT2D eigenvalue weighted by atomic mass is 16.5. The number of aliphatic hydroxyl groups is 3. The first kappa shape index (κ1) is 13.9. The Kier molecular flexibility index (Phi) is 5.64. The second-order valence-corrected chi connectivity index (χ2v) is 4.34. The average molecular weight is 234 g/mol. The summed E-state index contributed by atoms with van der Waals surface area (Å²) >= 11 is 0. The minimum Gasteiger partial charge on any atom is -0.388 e. The Labute approximate surface area is 96.0 Å². The second-order valence-electron chi connectivity index (χ2n) is 4.34. The molecule has 96 valence electrons. The first-order chi connectivity index (χ1) is 7.56. The largest absolute Gasteiger partial charge is 0.388 e. The van der Waals surface area contributed by atoms with Crippen LogP contribution in [0, 0.1) is 0 Å². The van der Waals surface area contributed by atoms with E-state index in [1.165, 1.54) is 0 Å². The summed E-state index contributed by atoms with van der Waals surface area (Å²) in [5.41, 5.74) is 0. The maximum absolute atomic E-state index is 9.69. The van der Waals surface area contributed by atoms with Gasteiger partial charge in [0.1, 0.15) is 18.3 Å². The molecule has 16 heavy (non-hydrogen) atoms. The third-order valence-electron chi connectivity index (χ3n) is 2.78. The molecule has 0 aromatic heterocycles. The Bertz CT molecular complexity index is 199. The summed E-state index contributed by atoms with van der Waals surface area (Å²) in [6, 6.07) is 0. The maximum atomic E-state index is 9.69. The summed E-state index contributed by atoms with van der Waals surface area (Å²) < 4.78 is 10.8. The molecule has 5 nitrogen and oxygen atoms in total. The van der Waals surface area contributed by atoms with Gasteiger partial charge in [0.05, 0.1) is 18.8 Å². The standard InChI is InChI=1S/C11H22O5/c1-3-4-15-7(2)5-9-11(14)10(13)8(12)6-16-9/h7-14H,3-6H2,1-2H3/t7?,8-,9+,10+,11+/m1/s1. The van der Waals surface area contributed by atoms with Gasteiger partial charge in [-0.2, -0.15) is 0 Å². The van der Waals surface area contributed by atoms with Crippen molar-refractivity contribution in [3.05, 3.63) is 0 Å². The number of aliphatic hydroxyl groups excluding tert-OH is 3. The fraction of sp³-hybridized carbons (Fsp3) is 1.00. The molecule has 5 heteroatoms. The lowest BCUT2D eigenvalue weighted by Crippen LogP contribution is -2.53. The van der Waals surface area contributed by atoms with Crippen LogP contribution in [0.2, 0.25) is 0 Å². The predicted octanol–water partition coefficient (Wildman–Crippen LogP) is -0.327. The zero-order valence-electron chi connectivity index (χ0n) is 9.87. The molecule has 3 N–H and O–H groups in total. The van der Waals surface area contributed by atoms with E-state index in [4.69, 9.17) is 9.47 Å². The van der Waals surface area contributed by atoms with E-state index >= 15 is 0 Å². The summed E-state index contributed by atoms with van der Waals surface area (Å²) in [5.74, 6) is 0.